The van der Waals surface area contributed by atoms with E-state index in [9.17, 15) is 5.11 Å². The van der Waals surface area contributed by atoms with Crippen molar-refractivity contribution in [3.05, 3.63) is 48.0 Å². The highest BCUT2D eigenvalue weighted by molar-refractivity contribution is 5.33. The summed E-state index contributed by atoms with van der Waals surface area (Å²) in [6.07, 6.45) is 6.37. The first-order valence-corrected chi connectivity index (χ1v) is 9.04. The van der Waals surface area contributed by atoms with Crippen LogP contribution >= 0.6 is 0 Å². The van der Waals surface area contributed by atoms with Crippen LogP contribution in [0.1, 0.15) is 30.0 Å². The number of rotatable bonds is 3. The zero-order valence-corrected chi connectivity index (χ0v) is 13.8. The molecule has 4 aliphatic heterocycles. The molecule has 126 valence electrons. The average Bonchev–Trinajstić information content (AvgIpc) is 3.25. The van der Waals surface area contributed by atoms with Gasteiger partial charge in [0.05, 0.1) is 6.33 Å². The van der Waals surface area contributed by atoms with Crippen molar-refractivity contribution in [1.82, 2.24) is 19.8 Å². The van der Waals surface area contributed by atoms with Gasteiger partial charge in [-0.05, 0) is 49.5 Å². The zero-order chi connectivity index (χ0) is 16.1. The highest BCUT2D eigenvalue weighted by Crippen LogP contribution is 2.47. The Bertz CT molecular complexity index is 708. The van der Waals surface area contributed by atoms with E-state index in [4.69, 9.17) is 0 Å². The third-order valence-electron chi connectivity index (χ3n) is 6.32. The van der Waals surface area contributed by atoms with Gasteiger partial charge >= 0.3 is 0 Å². The van der Waals surface area contributed by atoms with E-state index in [1.54, 1.807) is 12.4 Å². The number of phenolic OH excluding ortho intramolecular Hbond substituents is 1. The number of H-pyrrole nitrogens is 1. The fraction of sp³-hybridized carbons (Fsp3) is 0.526. The number of aromatic amines is 1. The van der Waals surface area contributed by atoms with Gasteiger partial charge in [-0.25, -0.2) is 4.98 Å². The fourth-order valence-corrected chi connectivity index (χ4v) is 5.36. The van der Waals surface area contributed by atoms with Gasteiger partial charge < -0.3 is 10.1 Å². The number of benzene rings is 1. The maximum atomic E-state index is 9.93. The van der Waals surface area contributed by atoms with Crippen molar-refractivity contribution in [2.45, 2.75) is 37.4 Å². The van der Waals surface area contributed by atoms with E-state index in [-0.39, 0.29) is 0 Å². The molecule has 0 spiro atoms. The third kappa shape index (κ3) is 2.26. The van der Waals surface area contributed by atoms with Gasteiger partial charge in [0.15, 0.2) is 0 Å². The molecule has 0 saturated carbocycles. The van der Waals surface area contributed by atoms with E-state index in [1.807, 2.05) is 18.3 Å². The summed E-state index contributed by atoms with van der Waals surface area (Å²) >= 11 is 0. The Balaban J connectivity index is 1.49. The fourth-order valence-electron chi connectivity index (χ4n) is 5.36. The van der Waals surface area contributed by atoms with Gasteiger partial charge in [0, 0.05) is 43.0 Å². The Labute approximate surface area is 142 Å². The summed E-state index contributed by atoms with van der Waals surface area (Å²) in [6, 6.07) is 9.11. The summed E-state index contributed by atoms with van der Waals surface area (Å²) in [6.45, 7) is 4.48. The molecule has 5 heteroatoms. The van der Waals surface area contributed by atoms with Crippen LogP contribution < -0.4 is 0 Å². The van der Waals surface area contributed by atoms with Gasteiger partial charge in [-0.1, -0.05) is 12.1 Å². The van der Waals surface area contributed by atoms with Gasteiger partial charge in [-0.2, -0.15) is 0 Å². The van der Waals surface area contributed by atoms with E-state index >= 15 is 0 Å². The molecular weight excluding hydrogens is 300 g/mol. The lowest BCUT2D eigenvalue weighted by molar-refractivity contribution is -0.00895. The summed E-state index contributed by atoms with van der Waals surface area (Å²) in [5.74, 6) is 1.67. The van der Waals surface area contributed by atoms with Gasteiger partial charge in [-0.3, -0.25) is 9.80 Å². The Morgan fingerprint density at radius 2 is 2.08 bits per heavy atom. The summed E-state index contributed by atoms with van der Waals surface area (Å²) < 4.78 is 0. The predicted molar refractivity (Wildman–Crippen MR) is 91.7 cm³/mol. The molecular formula is C19H24N4O. The molecule has 5 nitrogen and oxygen atoms in total. The molecule has 3 unspecified atom stereocenters. The minimum atomic E-state index is 0.382. The lowest BCUT2D eigenvalue weighted by atomic mass is 9.75. The number of imidazole rings is 1. The lowest BCUT2D eigenvalue weighted by Gasteiger charge is -2.51. The molecule has 5 heterocycles. The van der Waals surface area contributed by atoms with Crippen molar-refractivity contribution in [2.24, 2.45) is 5.92 Å². The molecule has 0 amide bonds. The molecule has 2 aromatic rings. The Morgan fingerprint density at radius 1 is 1.21 bits per heavy atom. The van der Waals surface area contributed by atoms with Gasteiger partial charge in [0.2, 0.25) is 0 Å². The normalized spacial score (nSPS) is 35.2. The van der Waals surface area contributed by atoms with Crippen molar-refractivity contribution in [2.75, 3.05) is 19.6 Å². The number of hydrogen-bond acceptors (Lipinski definition) is 4. The Hall–Kier alpha value is -1.85. The second-order valence-corrected chi connectivity index (χ2v) is 7.56. The number of hydrogen-bond donors (Lipinski definition) is 2. The minimum absolute atomic E-state index is 0.382. The van der Waals surface area contributed by atoms with Crippen LogP contribution in [-0.4, -0.2) is 56.6 Å². The molecule has 4 aliphatic rings. The van der Waals surface area contributed by atoms with Crippen LogP contribution in [0.5, 0.6) is 5.75 Å². The number of nitrogens with zero attached hydrogens (tertiary/aromatic N) is 3. The third-order valence-corrected chi connectivity index (χ3v) is 6.32. The minimum Gasteiger partial charge on any atom is -0.508 e. The van der Waals surface area contributed by atoms with Crippen LogP contribution in [0.3, 0.4) is 0 Å². The van der Waals surface area contributed by atoms with Crippen LogP contribution in [0.2, 0.25) is 0 Å². The van der Waals surface area contributed by atoms with Crippen LogP contribution in [0.15, 0.2) is 36.8 Å². The number of phenols is 1. The molecule has 0 radical (unpaired) electrons. The first-order valence-electron chi connectivity index (χ1n) is 9.04. The number of aromatic hydroxyl groups is 1. The quantitative estimate of drug-likeness (QED) is 0.909. The van der Waals surface area contributed by atoms with E-state index < -0.39 is 0 Å². The molecule has 0 aliphatic carbocycles. The molecule has 2 N–H and O–H groups in total. The van der Waals surface area contributed by atoms with E-state index in [1.165, 1.54) is 37.2 Å². The van der Waals surface area contributed by atoms with Crippen molar-refractivity contribution in [3.63, 3.8) is 0 Å². The van der Waals surface area contributed by atoms with E-state index in [2.05, 4.69) is 25.8 Å². The molecule has 4 fully saturated rings. The molecule has 6 rings (SSSR count). The van der Waals surface area contributed by atoms with Crippen molar-refractivity contribution < 1.29 is 5.11 Å². The number of likely N-dealkylation sites (tertiary alicyclic amines) is 1. The highest BCUT2D eigenvalue weighted by atomic mass is 16.3. The van der Waals surface area contributed by atoms with Crippen molar-refractivity contribution >= 4 is 0 Å². The average molecular weight is 324 g/mol. The summed E-state index contributed by atoms with van der Waals surface area (Å²) in [7, 11) is 0. The zero-order valence-electron chi connectivity index (χ0n) is 13.8. The first kappa shape index (κ1) is 14.5. The summed E-state index contributed by atoms with van der Waals surface area (Å²) in [5, 5.41) is 9.93. The second-order valence-electron chi connectivity index (χ2n) is 7.56. The van der Waals surface area contributed by atoms with Crippen molar-refractivity contribution in [3.8, 4) is 5.75 Å². The summed E-state index contributed by atoms with van der Waals surface area (Å²) in [5.41, 5.74) is 2.48. The number of piperidine rings is 3. The van der Waals surface area contributed by atoms with E-state index in [0.717, 1.165) is 19.0 Å². The molecule has 2 bridgehead atoms. The van der Waals surface area contributed by atoms with Gasteiger partial charge in [0.25, 0.3) is 0 Å². The topological polar surface area (TPSA) is 55.4 Å². The van der Waals surface area contributed by atoms with Crippen LogP contribution in [0.4, 0.5) is 0 Å². The number of nitrogens with one attached hydrogen (secondary N) is 1. The number of fused-ring (bicyclic) bond motifs is 2. The maximum absolute atomic E-state index is 9.93. The summed E-state index contributed by atoms with van der Waals surface area (Å²) in [4.78, 5) is 12.8. The smallest absolute Gasteiger partial charge is 0.115 e. The van der Waals surface area contributed by atoms with E-state index in [0.29, 0.717) is 23.8 Å². The number of aromatic nitrogens is 2. The van der Waals surface area contributed by atoms with Gasteiger partial charge in [-0.15, -0.1) is 0 Å². The Morgan fingerprint density at radius 3 is 2.83 bits per heavy atom. The molecule has 4 saturated heterocycles. The molecule has 1 aromatic carbocycles. The predicted octanol–water partition coefficient (Wildman–Crippen LogP) is 2.18. The van der Waals surface area contributed by atoms with Crippen molar-refractivity contribution in [1.29, 1.82) is 0 Å². The van der Waals surface area contributed by atoms with Gasteiger partial charge in [0.1, 0.15) is 5.75 Å². The monoisotopic (exact) mass is 324 g/mol. The molecule has 1 aromatic heterocycles. The largest absolute Gasteiger partial charge is 0.508 e. The highest BCUT2D eigenvalue weighted by Gasteiger charge is 2.53. The lowest BCUT2D eigenvalue weighted by Crippen LogP contribution is -2.59. The standard InChI is InChI=1S/C19H24N4O/c24-16-3-1-2-14(8-16)17-11-23(10-15-9-20-12-21-15)18-13-4-6-22(7-5-13)19(17)18/h1-3,8-9,12-13,17-19,24H,4-7,10-11H2,(H,20,21). The van der Waals surface area contributed by atoms with Crippen LogP contribution in [0.25, 0.3) is 0 Å². The van der Waals surface area contributed by atoms with Crippen LogP contribution in [-0.2, 0) is 6.54 Å². The van der Waals surface area contributed by atoms with Crippen LogP contribution in [0, 0.1) is 5.92 Å². The second kappa shape index (κ2) is 5.60. The molecule has 3 atom stereocenters. The first-order chi connectivity index (χ1) is 11.8. The maximum Gasteiger partial charge on any atom is 0.115 e. The SMILES string of the molecule is Oc1cccc(C2CN(Cc3cnc[nH]3)C3C4CCN(CC4)C23)c1. The Kier molecular flexibility index (Phi) is 3.38. The molecule has 24 heavy (non-hydrogen) atoms.